The normalized spacial score (nSPS) is 35.4. The lowest BCUT2D eigenvalue weighted by Gasteiger charge is -2.33. The lowest BCUT2D eigenvalue weighted by Crippen LogP contribution is -2.51. The Bertz CT molecular complexity index is 259. The van der Waals surface area contributed by atoms with E-state index in [4.69, 9.17) is 10.5 Å². The molecule has 2 heterocycles. The van der Waals surface area contributed by atoms with Gasteiger partial charge in [-0.2, -0.15) is 0 Å². The largest absolute Gasteiger partial charge is 0.444 e. The monoisotopic (exact) mass is 198 g/mol. The molecule has 4 nitrogen and oxygen atoms in total. The minimum absolute atomic E-state index is 0.183. The maximum atomic E-state index is 11.7. The predicted octanol–water partition coefficient (Wildman–Crippen LogP) is 0.953. The highest BCUT2D eigenvalue weighted by Crippen LogP contribution is 2.40. The van der Waals surface area contributed by atoms with Crippen LogP contribution in [0.2, 0.25) is 0 Å². The molecule has 4 heteroatoms. The Labute approximate surface area is 84.4 Å². The first kappa shape index (κ1) is 9.77. The first-order chi connectivity index (χ1) is 6.38. The van der Waals surface area contributed by atoms with E-state index in [0.29, 0.717) is 5.92 Å². The highest BCUT2D eigenvalue weighted by Gasteiger charge is 2.52. The van der Waals surface area contributed by atoms with E-state index >= 15 is 0 Å². The van der Waals surface area contributed by atoms with Gasteiger partial charge in [-0.05, 0) is 33.1 Å². The van der Waals surface area contributed by atoms with Crippen molar-refractivity contribution in [2.75, 3.05) is 6.54 Å². The first-order valence-electron chi connectivity index (χ1n) is 5.14. The maximum Gasteiger partial charge on any atom is 0.410 e. The average Bonchev–Trinajstić information content (AvgIpc) is 2.55. The van der Waals surface area contributed by atoms with Crippen molar-refractivity contribution in [1.82, 2.24) is 4.90 Å². The number of carbonyl (C=O) groups is 1. The number of carbonyl (C=O) groups excluding carboxylic acids is 1. The summed E-state index contributed by atoms with van der Waals surface area (Å²) in [7, 11) is 0. The van der Waals surface area contributed by atoms with E-state index in [2.05, 4.69) is 0 Å². The molecule has 2 saturated heterocycles. The van der Waals surface area contributed by atoms with Crippen LogP contribution in [0.4, 0.5) is 4.79 Å². The molecule has 3 atom stereocenters. The molecule has 0 aromatic heterocycles. The smallest absolute Gasteiger partial charge is 0.410 e. The van der Waals surface area contributed by atoms with Crippen LogP contribution >= 0.6 is 0 Å². The molecule has 3 rings (SSSR count). The Hall–Kier alpha value is -0.770. The molecule has 0 aromatic rings. The van der Waals surface area contributed by atoms with Crippen molar-refractivity contribution in [3.63, 3.8) is 0 Å². The molecule has 1 amide bonds. The zero-order valence-electron chi connectivity index (χ0n) is 8.99. The molecule has 2 bridgehead atoms. The van der Waals surface area contributed by atoms with Crippen LogP contribution in [-0.2, 0) is 4.74 Å². The van der Waals surface area contributed by atoms with E-state index in [1.54, 1.807) is 4.90 Å². The van der Waals surface area contributed by atoms with E-state index in [9.17, 15) is 4.79 Å². The van der Waals surface area contributed by atoms with Gasteiger partial charge in [-0.25, -0.2) is 4.79 Å². The molecule has 0 spiro atoms. The number of rotatable bonds is 0. The number of fused-ring (bicyclic) bond motifs is 1. The van der Waals surface area contributed by atoms with Crippen LogP contribution in [0.25, 0.3) is 0 Å². The quantitative estimate of drug-likeness (QED) is 0.630. The third kappa shape index (κ3) is 1.47. The average molecular weight is 198 g/mol. The van der Waals surface area contributed by atoms with Crippen LogP contribution < -0.4 is 5.73 Å². The first-order valence-corrected chi connectivity index (χ1v) is 5.14. The van der Waals surface area contributed by atoms with Crippen molar-refractivity contribution in [3.05, 3.63) is 0 Å². The maximum absolute atomic E-state index is 11.7. The number of nitrogens with two attached hydrogens (primary N) is 1. The van der Waals surface area contributed by atoms with Gasteiger partial charge < -0.3 is 15.4 Å². The topological polar surface area (TPSA) is 55.6 Å². The molecule has 14 heavy (non-hydrogen) atoms. The molecule has 1 aliphatic carbocycles. The van der Waals surface area contributed by atoms with Crippen LogP contribution in [0.3, 0.4) is 0 Å². The van der Waals surface area contributed by atoms with E-state index in [1.807, 2.05) is 20.8 Å². The zero-order valence-corrected chi connectivity index (χ0v) is 8.99. The van der Waals surface area contributed by atoms with Gasteiger partial charge in [0.1, 0.15) is 5.60 Å². The number of nitrogens with zero attached hydrogens (tertiary/aromatic N) is 1. The van der Waals surface area contributed by atoms with Crippen LogP contribution in [0, 0.1) is 5.92 Å². The number of hydrogen-bond acceptors (Lipinski definition) is 3. The van der Waals surface area contributed by atoms with Gasteiger partial charge >= 0.3 is 6.09 Å². The summed E-state index contributed by atoms with van der Waals surface area (Å²) in [6.07, 6.45) is 0.846. The second-order valence-corrected chi connectivity index (χ2v) is 5.27. The fourth-order valence-electron chi connectivity index (χ4n) is 2.19. The standard InChI is InChI=1S/C10H18N2O2/c1-10(2,3)14-9(13)12-5-6-4-7(12)8(6)11/h6-8H,4-5,11H2,1-3H3/t6-,7-,8?/m0/s1. The number of ether oxygens (including phenoxy) is 1. The third-order valence-electron chi connectivity index (χ3n) is 2.99. The molecule has 1 unspecified atom stereocenters. The van der Waals surface area contributed by atoms with E-state index in [0.717, 1.165) is 13.0 Å². The minimum Gasteiger partial charge on any atom is -0.444 e. The lowest BCUT2D eigenvalue weighted by atomic mass is 9.81. The summed E-state index contributed by atoms with van der Waals surface area (Å²) in [6.45, 7) is 6.42. The molecule has 1 saturated carbocycles. The second kappa shape index (κ2) is 2.86. The molecule has 2 N–H and O–H groups in total. The van der Waals surface area contributed by atoms with Crippen molar-refractivity contribution in [3.8, 4) is 0 Å². The molecule has 3 aliphatic rings. The molecular formula is C10H18N2O2. The van der Waals surface area contributed by atoms with Crippen LogP contribution in [0.15, 0.2) is 0 Å². The Morgan fingerprint density at radius 1 is 1.50 bits per heavy atom. The fourth-order valence-corrected chi connectivity index (χ4v) is 2.19. The van der Waals surface area contributed by atoms with Crippen molar-refractivity contribution < 1.29 is 9.53 Å². The van der Waals surface area contributed by atoms with Gasteiger partial charge in [-0.3, -0.25) is 0 Å². The highest BCUT2D eigenvalue weighted by atomic mass is 16.6. The van der Waals surface area contributed by atoms with Crippen LogP contribution in [0.5, 0.6) is 0 Å². The van der Waals surface area contributed by atoms with Gasteiger partial charge in [0.15, 0.2) is 0 Å². The Morgan fingerprint density at radius 3 is 2.50 bits per heavy atom. The summed E-state index contributed by atoms with van der Waals surface area (Å²) in [5.74, 6) is 0.507. The molecule has 3 fully saturated rings. The van der Waals surface area contributed by atoms with Crippen molar-refractivity contribution in [1.29, 1.82) is 0 Å². The fraction of sp³-hybridized carbons (Fsp3) is 0.900. The molecule has 0 aromatic carbocycles. The molecule has 80 valence electrons. The van der Waals surface area contributed by atoms with Gasteiger partial charge in [-0.15, -0.1) is 0 Å². The number of hydrogen-bond donors (Lipinski definition) is 1. The van der Waals surface area contributed by atoms with Gasteiger partial charge in [0.2, 0.25) is 0 Å². The Kier molecular flexibility index (Phi) is 2.00. The molecular weight excluding hydrogens is 180 g/mol. The van der Waals surface area contributed by atoms with E-state index in [-0.39, 0.29) is 18.2 Å². The van der Waals surface area contributed by atoms with Gasteiger partial charge in [0, 0.05) is 12.6 Å². The van der Waals surface area contributed by atoms with Crippen molar-refractivity contribution in [2.24, 2.45) is 11.7 Å². The Balaban J connectivity index is 1.94. The predicted molar refractivity (Wildman–Crippen MR) is 52.8 cm³/mol. The van der Waals surface area contributed by atoms with Crippen LogP contribution in [-0.4, -0.2) is 35.2 Å². The van der Waals surface area contributed by atoms with E-state index < -0.39 is 5.60 Å². The summed E-state index contributed by atoms with van der Waals surface area (Å²) in [5.41, 5.74) is 5.46. The summed E-state index contributed by atoms with van der Waals surface area (Å²) in [4.78, 5) is 13.5. The van der Waals surface area contributed by atoms with Crippen molar-refractivity contribution >= 4 is 6.09 Å². The highest BCUT2D eigenvalue weighted by molar-refractivity contribution is 5.70. The molecule has 0 radical (unpaired) electrons. The third-order valence-corrected chi connectivity index (χ3v) is 2.99. The summed E-state index contributed by atoms with van der Waals surface area (Å²) in [5, 5.41) is 0. The zero-order chi connectivity index (χ0) is 10.5. The Morgan fingerprint density at radius 2 is 2.14 bits per heavy atom. The van der Waals surface area contributed by atoms with Gasteiger partial charge in [-0.1, -0.05) is 0 Å². The summed E-state index contributed by atoms with van der Waals surface area (Å²) >= 11 is 0. The minimum atomic E-state index is -0.409. The summed E-state index contributed by atoms with van der Waals surface area (Å²) < 4.78 is 5.30. The second-order valence-electron chi connectivity index (χ2n) is 5.27. The summed E-state index contributed by atoms with van der Waals surface area (Å²) in [6, 6.07) is 0.414. The van der Waals surface area contributed by atoms with Crippen molar-refractivity contribution in [2.45, 2.75) is 44.9 Å². The SMILES string of the molecule is CC(C)(C)OC(=O)N1C[C@@H]2C[C@H]1C2N. The number of amides is 1. The van der Waals surface area contributed by atoms with Gasteiger partial charge in [0.05, 0.1) is 6.04 Å². The molecule has 2 aliphatic heterocycles. The van der Waals surface area contributed by atoms with Gasteiger partial charge in [0.25, 0.3) is 0 Å². The lowest BCUT2D eigenvalue weighted by molar-refractivity contribution is 0.0234. The van der Waals surface area contributed by atoms with Crippen LogP contribution in [0.1, 0.15) is 27.2 Å². The van der Waals surface area contributed by atoms with E-state index in [1.165, 1.54) is 0 Å².